The number of rotatable bonds is 12. The lowest BCUT2D eigenvalue weighted by Crippen LogP contribution is -2.38. The minimum atomic E-state index is -0.773. The molecular formula is C29H37ClN2O5. The molecule has 2 aromatic carbocycles. The summed E-state index contributed by atoms with van der Waals surface area (Å²) < 4.78 is 11.5. The number of Topliss-reactive ketones (excluding diaryl/α,β-unsaturated/α-hetero) is 1. The number of hydrogen-bond acceptors (Lipinski definition) is 6. The van der Waals surface area contributed by atoms with Crippen molar-refractivity contribution in [3.05, 3.63) is 64.2 Å². The molecule has 8 heteroatoms. The molecule has 1 N–H and O–H groups in total. The molecule has 1 aliphatic rings. The van der Waals surface area contributed by atoms with Crippen LogP contribution in [0.1, 0.15) is 51.3 Å². The van der Waals surface area contributed by atoms with E-state index >= 15 is 0 Å². The Morgan fingerprint density at radius 1 is 1.08 bits per heavy atom. The van der Waals surface area contributed by atoms with Crippen molar-refractivity contribution in [3.63, 3.8) is 0 Å². The van der Waals surface area contributed by atoms with E-state index in [0.717, 1.165) is 19.5 Å². The molecule has 1 amide bonds. The summed E-state index contributed by atoms with van der Waals surface area (Å²) >= 11 is 6.02. The molecule has 1 aliphatic heterocycles. The number of amides is 1. The molecule has 200 valence electrons. The first-order valence-electron chi connectivity index (χ1n) is 12.8. The summed E-state index contributed by atoms with van der Waals surface area (Å²) in [5, 5.41) is 11.7. The van der Waals surface area contributed by atoms with E-state index in [1.54, 1.807) is 43.5 Å². The fraction of sp³-hybridized carbons (Fsp3) is 0.448. The van der Waals surface area contributed by atoms with E-state index in [1.165, 1.54) is 4.90 Å². The Balaban J connectivity index is 2.07. The van der Waals surface area contributed by atoms with Crippen LogP contribution in [0.3, 0.4) is 0 Å². The number of aliphatic hydroxyl groups is 1. The Morgan fingerprint density at radius 3 is 2.35 bits per heavy atom. The van der Waals surface area contributed by atoms with E-state index in [0.29, 0.717) is 53.3 Å². The standard InChI is InChI=1S/C29H37ClN2O5/c1-6-31(7-2)15-16-32-26(21-10-13-23(24(18-21)36-5)37-17-14-19(3)4)25(28(34)29(32)35)27(33)20-8-11-22(30)12-9-20/h8-13,18-19,26,33H,6-7,14-17H2,1-5H3. The van der Waals surface area contributed by atoms with Crippen LogP contribution >= 0.6 is 11.6 Å². The number of carbonyl (C=O) groups is 2. The van der Waals surface area contributed by atoms with Gasteiger partial charge in [0.25, 0.3) is 11.7 Å². The number of ether oxygens (including phenoxy) is 2. The van der Waals surface area contributed by atoms with Crippen LogP contribution < -0.4 is 9.47 Å². The van der Waals surface area contributed by atoms with Crippen molar-refractivity contribution >= 4 is 29.1 Å². The monoisotopic (exact) mass is 528 g/mol. The van der Waals surface area contributed by atoms with Crippen LogP contribution in [0.2, 0.25) is 5.02 Å². The van der Waals surface area contributed by atoms with Crippen molar-refractivity contribution in [2.45, 2.75) is 40.2 Å². The molecule has 1 saturated heterocycles. The number of hydrogen-bond donors (Lipinski definition) is 1. The van der Waals surface area contributed by atoms with Crippen molar-refractivity contribution < 1.29 is 24.2 Å². The fourth-order valence-corrected chi connectivity index (χ4v) is 4.51. The van der Waals surface area contributed by atoms with Gasteiger partial charge in [-0.25, -0.2) is 0 Å². The zero-order valence-corrected chi connectivity index (χ0v) is 23.0. The van der Waals surface area contributed by atoms with Crippen LogP contribution in [0.5, 0.6) is 11.5 Å². The number of ketones is 1. The van der Waals surface area contributed by atoms with Crippen molar-refractivity contribution in [2.24, 2.45) is 5.92 Å². The molecule has 7 nitrogen and oxygen atoms in total. The van der Waals surface area contributed by atoms with Gasteiger partial charge in [0.1, 0.15) is 5.76 Å². The van der Waals surface area contributed by atoms with Gasteiger partial charge in [0.2, 0.25) is 0 Å². The maximum absolute atomic E-state index is 13.3. The molecule has 1 unspecified atom stereocenters. The first kappa shape index (κ1) is 28.5. The molecule has 1 fully saturated rings. The highest BCUT2D eigenvalue weighted by molar-refractivity contribution is 6.46. The average Bonchev–Trinajstić information content (AvgIpc) is 3.14. The van der Waals surface area contributed by atoms with Gasteiger partial charge in [0.05, 0.1) is 25.3 Å². The van der Waals surface area contributed by atoms with Gasteiger partial charge in [0.15, 0.2) is 11.5 Å². The van der Waals surface area contributed by atoms with Crippen LogP contribution in [0.15, 0.2) is 48.0 Å². The van der Waals surface area contributed by atoms with Crippen molar-refractivity contribution in [2.75, 3.05) is 39.9 Å². The van der Waals surface area contributed by atoms with E-state index < -0.39 is 17.7 Å². The van der Waals surface area contributed by atoms with Crippen molar-refractivity contribution in [3.8, 4) is 11.5 Å². The van der Waals surface area contributed by atoms with Gasteiger partial charge in [-0.3, -0.25) is 9.59 Å². The second-order valence-electron chi connectivity index (χ2n) is 9.47. The van der Waals surface area contributed by atoms with Gasteiger partial charge < -0.3 is 24.4 Å². The highest BCUT2D eigenvalue weighted by Crippen LogP contribution is 2.42. The van der Waals surface area contributed by atoms with E-state index in [1.807, 2.05) is 6.07 Å². The highest BCUT2D eigenvalue weighted by atomic mass is 35.5. The third-order valence-electron chi connectivity index (χ3n) is 6.67. The zero-order valence-electron chi connectivity index (χ0n) is 22.3. The molecule has 0 saturated carbocycles. The Morgan fingerprint density at radius 2 is 1.76 bits per heavy atom. The molecule has 2 aromatic rings. The topological polar surface area (TPSA) is 79.3 Å². The lowest BCUT2D eigenvalue weighted by atomic mass is 9.95. The van der Waals surface area contributed by atoms with Crippen molar-refractivity contribution in [1.29, 1.82) is 0 Å². The summed E-state index contributed by atoms with van der Waals surface area (Å²) in [5.74, 6) is 0.00848. The number of methoxy groups -OCH3 is 1. The van der Waals surface area contributed by atoms with Crippen molar-refractivity contribution in [1.82, 2.24) is 9.80 Å². The Labute approximate surface area is 224 Å². The van der Waals surface area contributed by atoms with E-state index in [2.05, 4.69) is 32.6 Å². The lowest BCUT2D eigenvalue weighted by Gasteiger charge is -2.28. The Bertz CT molecular complexity index is 1130. The number of nitrogens with zero attached hydrogens (tertiary/aromatic N) is 2. The van der Waals surface area contributed by atoms with E-state index in [-0.39, 0.29) is 11.3 Å². The molecular weight excluding hydrogens is 492 g/mol. The van der Waals surface area contributed by atoms with Crippen LogP contribution in [0, 0.1) is 5.92 Å². The highest BCUT2D eigenvalue weighted by Gasteiger charge is 2.46. The number of benzene rings is 2. The Kier molecular flexibility index (Phi) is 10.0. The largest absolute Gasteiger partial charge is 0.507 e. The first-order valence-corrected chi connectivity index (χ1v) is 13.2. The predicted octanol–water partition coefficient (Wildman–Crippen LogP) is 5.54. The fourth-order valence-electron chi connectivity index (χ4n) is 4.39. The summed E-state index contributed by atoms with van der Waals surface area (Å²) in [6.45, 7) is 11.5. The molecule has 1 heterocycles. The molecule has 37 heavy (non-hydrogen) atoms. The lowest BCUT2D eigenvalue weighted by molar-refractivity contribution is -0.140. The summed E-state index contributed by atoms with van der Waals surface area (Å²) in [4.78, 5) is 30.2. The molecule has 0 aliphatic carbocycles. The summed E-state index contributed by atoms with van der Waals surface area (Å²) in [6.07, 6.45) is 0.900. The molecule has 1 atom stereocenters. The zero-order chi connectivity index (χ0) is 27.1. The minimum absolute atomic E-state index is 0.0439. The quantitative estimate of drug-likeness (QED) is 0.221. The molecule has 0 aromatic heterocycles. The maximum atomic E-state index is 13.3. The van der Waals surface area contributed by atoms with E-state index in [9.17, 15) is 14.7 Å². The number of aliphatic hydroxyl groups excluding tert-OH is 1. The maximum Gasteiger partial charge on any atom is 0.295 e. The molecule has 0 radical (unpaired) electrons. The average molecular weight is 529 g/mol. The normalized spacial score (nSPS) is 17.2. The smallest absolute Gasteiger partial charge is 0.295 e. The third-order valence-corrected chi connectivity index (χ3v) is 6.92. The van der Waals surface area contributed by atoms with Crippen LogP contribution in [0.4, 0.5) is 0 Å². The number of likely N-dealkylation sites (N-methyl/N-ethyl adjacent to an activating group) is 1. The second-order valence-corrected chi connectivity index (χ2v) is 9.90. The van der Waals surface area contributed by atoms with Gasteiger partial charge in [-0.2, -0.15) is 0 Å². The number of halogens is 1. The molecule has 0 spiro atoms. The SMILES string of the molecule is CCN(CC)CCN1C(=O)C(=O)C(=C(O)c2ccc(Cl)cc2)C1c1ccc(OCCC(C)C)c(OC)c1. The first-order chi connectivity index (χ1) is 17.7. The van der Waals surface area contributed by atoms with Crippen LogP contribution in [0.25, 0.3) is 5.76 Å². The summed E-state index contributed by atoms with van der Waals surface area (Å²) in [7, 11) is 1.56. The van der Waals surface area contributed by atoms with Gasteiger partial charge in [-0.1, -0.05) is 45.4 Å². The van der Waals surface area contributed by atoms with Gasteiger partial charge in [0, 0.05) is 23.7 Å². The van der Waals surface area contributed by atoms with E-state index in [4.69, 9.17) is 21.1 Å². The van der Waals surface area contributed by atoms with Crippen LogP contribution in [-0.2, 0) is 9.59 Å². The second kappa shape index (κ2) is 13.0. The summed E-state index contributed by atoms with van der Waals surface area (Å²) in [6, 6.07) is 11.1. The third kappa shape index (κ3) is 6.65. The number of carbonyl (C=O) groups excluding carboxylic acids is 2. The van der Waals surface area contributed by atoms with Gasteiger partial charge in [-0.15, -0.1) is 0 Å². The molecule has 0 bridgehead atoms. The number of likely N-dealkylation sites (tertiary alicyclic amines) is 1. The molecule has 3 rings (SSSR count). The predicted molar refractivity (Wildman–Crippen MR) is 146 cm³/mol. The minimum Gasteiger partial charge on any atom is -0.507 e. The van der Waals surface area contributed by atoms with Gasteiger partial charge >= 0.3 is 0 Å². The van der Waals surface area contributed by atoms with Gasteiger partial charge in [-0.05, 0) is 67.4 Å². The van der Waals surface area contributed by atoms with Crippen LogP contribution in [-0.4, -0.2) is 66.5 Å². The summed E-state index contributed by atoms with van der Waals surface area (Å²) in [5.41, 5.74) is 1.11. The Hall–Kier alpha value is -3.03.